The summed E-state index contributed by atoms with van der Waals surface area (Å²) in [6.45, 7) is 5.69. The van der Waals surface area contributed by atoms with Crippen LogP contribution in [-0.2, 0) is 0 Å². The molecule has 0 heterocycles. The van der Waals surface area contributed by atoms with Gasteiger partial charge in [0.2, 0.25) is 0 Å². The van der Waals surface area contributed by atoms with Crippen molar-refractivity contribution >= 4 is 11.5 Å². The van der Waals surface area contributed by atoms with Crippen molar-refractivity contribution in [2.75, 3.05) is 0 Å². The summed E-state index contributed by atoms with van der Waals surface area (Å²) in [5.74, 6) is 0.128. The van der Waals surface area contributed by atoms with Crippen LogP contribution in [0.4, 0.5) is 18.9 Å². The van der Waals surface area contributed by atoms with E-state index < -0.39 is 6.36 Å². The van der Waals surface area contributed by atoms with Gasteiger partial charge in [-0.2, -0.15) is 0 Å². The molecule has 3 nitrogen and oxygen atoms in total. The van der Waals surface area contributed by atoms with E-state index >= 15 is 0 Å². The molecule has 0 aliphatic heterocycles. The zero-order valence-electron chi connectivity index (χ0n) is 10.4. The number of rotatable bonds is 2. The minimum Gasteiger partial charge on any atom is -0.406 e. The lowest BCUT2D eigenvalue weighted by Gasteiger charge is -2.17. The standard InChI is InChI=1S/C12H15F3N2O/c1-11(2,3)10(16)17-8-4-6-9(7-5-8)18-12(13,14)15/h4-7H,1-3H3,(H2,16,17). The first-order chi connectivity index (χ1) is 8.08. The van der Waals surface area contributed by atoms with Crippen molar-refractivity contribution in [3.63, 3.8) is 0 Å². The maximum atomic E-state index is 11.9. The Morgan fingerprint density at radius 1 is 1.11 bits per heavy atom. The van der Waals surface area contributed by atoms with Crippen molar-refractivity contribution in [2.24, 2.45) is 16.1 Å². The van der Waals surface area contributed by atoms with Gasteiger partial charge in [-0.1, -0.05) is 20.8 Å². The second-order valence-corrected chi connectivity index (χ2v) is 4.79. The van der Waals surface area contributed by atoms with Gasteiger partial charge in [0.25, 0.3) is 0 Å². The Morgan fingerprint density at radius 2 is 1.61 bits per heavy atom. The molecule has 1 aromatic carbocycles. The fourth-order valence-corrected chi connectivity index (χ4v) is 1.03. The predicted molar refractivity (Wildman–Crippen MR) is 63.9 cm³/mol. The predicted octanol–water partition coefficient (Wildman–Crippen LogP) is 3.62. The number of hydrogen-bond acceptors (Lipinski definition) is 2. The first-order valence-corrected chi connectivity index (χ1v) is 5.28. The summed E-state index contributed by atoms with van der Waals surface area (Å²) in [5, 5.41) is 0. The molecule has 0 unspecified atom stereocenters. The maximum Gasteiger partial charge on any atom is 0.573 e. The average Bonchev–Trinajstić information content (AvgIpc) is 2.17. The number of ether oxygens (including phenoxy) is 1. The van der Waals surface area contributed by atoms with Crippen molar-refractivity contribution in [3.05, 3.63) is 24.3 Å². The van der Waals surface area contributed by atoms with Crippen LogP contribution in [0.25, 0.3) is 0 Å². The maximum absolute atomic E-state index is 11.9. The van der Waals surface area contributed by atoms with Crippen molar-refractivity contribution in [3.8, 4) is 5.75 Å². The highest BCUT2D eigenvalue weighted by atomic mass is 19.4. The molecule has 0 spiro atoms. The lowest BCUT2D eigenvalue weighted by molar-refractivity contribution is -0.274. The zero-order valence-corrected chi connectivity index (χ0v) is 10.4. The summed E-state index contributed by atoms with van der Waals surface area (Å²) in [6, 6.07) is 5.23. The summed E-state index contributed by atoms with van der Waals surface area (Å²) in [4.78, 5) is 4.13. The Balaban J connectivity index is 2.84. The van der Waals surface area contributed by atoms with E-state index in [1.807, 2.05) is 20.8 Å². The number of hydrogen-bond donors (Lipinski definition) is 1. The summed E-state index contributed by atoms with van der Waals surface area (Å²) >= 11 is 0. The minimum absolute atomic E-state index is 0.282. The molecule has 0 atom stereocenters. The molecule has 0 aliphatic rings. The van der Waals surface area contributed by atoms with Gasteiger partial charge in [0.15, 0.2) is 0 Å². The molecule has 6 heteroatoms. The van der Waals surface area contributed by atoms with Gasteiger partial charge < -0.3 is 10.5 Å². The number of alkyl halides is 3. The summed E-state index contributed by atoms with van der Waals surface area (Å²) < 4.78 is 39.6. The molecule has 100 valence electrons. The first kappa shape index (κ1) is 14.3. The summed E-state index contributed by atoms with van der Waals surface area (Å²) in [7, 11) is 0. The van der Waals surface area contributed by atoms with Gasteiger partial charge in [0.1, 0.15) is 11.6 Å². The van der Waals surface area contributed by atoms with Crippen molar-refractivity contribution in [1.82, 2.24) is 0 Å². The van der Waals surface area contributed by atoms with Crippen LogP contribution in [0.3, 0.4) is 0 Å². The van der Waals surface area contributed by atoms with E-state index in [0.29, 0.717) is 11.5 Å². The van der Waals surface area contributed by atoms with E-state index in [-0.39, 0.29) is 11.2 Å². The van der Waals surface area contributed by atoms with E-state index in [2.05, 4.69) is 9.73 Å². The fraction of sp³-hybridized carbons (Fsp3) is 0.417. The molecule has 0 aromatic heterocycles. The number of amidine groups is 1. The van der Waals surface area contributed by atoms with Crippen LogP contribution in [0.2, 0.25) is 0 Å². The van der Waals surface area contributed by atoms with E-state index in [1.165, 1.54) is 24.3 Å². The summed E-state index contributed by atoms with van der Waals surface area (Å²) in [6.07, 6.45) is -4.69. The fourth-order valence-electron chi connectivity index (χ4n) is 1.03. The monoisotopic (exact) mass is 260 g/mol. The second-order valence-electron chi connectivity index (χ2n) is 4.79. The molecule has 0 saturated carbocycles. The molecule has 0 fully saturated rings. The quantitative estimate of drug-likeness (QED) is 0.652. The van der Waals surface area contributed by atoms with Gasteiger partial charge in [0.05, 0.1) is 5.69 Å². The topological polar surface area (TPSA) is 47.6 Å². The Bertz CT molecular complexity index is 430. The van der Waals surface area contributed by atoms with Crippen molar-refractivity contribution < 1.29 is 17.9 Å². The highest BCUT2D eigenvalue weighted by Gasteiger charge is 2.30. The summed E-state index contributed by atoms with van der Waals surface area (Å²) in [5.41, 5.74) is 5.95. The largest absolute Gasteiger partial charge is 0.573 e. The number of aliphatic imine (C=N–C) groups is 1. The van der Waals surface area contributed by atoms with E-state index in [9.17, 15) is 13.2 Å². The van der Waals surface area contributed by atoms with E-state index in [4.69, 9.17) is 5.73 Å². The molecule has 0 bridgehead atoms. The van der Waals surface area contributed by atoms with Crippen molar-refractivity contribution in [2.45, 2.75) is 27.1 Å². The zero-order chi connectivity index (χ0) is 14.0. The van der Waals surface area contributed by atoms with Gasteiger partial charge in [-0.15, -0.1) is 13.2 Å². The molecule has 1 aromatic rings. The van der Waals surface area contributed by atoms with Gasteiger partial charge in [0, 0.05) is 5.41 Å². The number of nitrogens with zero attached hydrogens (tertiary/aromatic N) is 1. The number of benzene rings is 1. The third-order valence-electron chi connectivity index (χ3n) is 2.09. The highest BCUT2D eigenvalue weighted by molar-refractivity contribution is 5.87. The van der Waals surface area contributed by atoms with Gasteiger partial charge in [-0.3, -0.25) is 0 Å². The van der Waals surface area contributed by atoms with E-state index in [1.54, 1.807) is 0 Å². The van der Waals surface area contributed by atoms with E-state index in [0.717, 1.165) is 0 Å². The molecule has 2 N–H and O–H groups in total. The molecule has 0 amide bonds. The molecular weight excluding hydrogens is 245 g/mol. The first-order valence-electron chi connectivity index (χ1n) is 5.28. The van der Waals surface area contributed by atoms with Crippen LogP contribution >= 0.6 is 0 Å². The third kappa shape index (κ3) is 4.65. The average molecular weight is 260 g/mol. The third-order valence-corrected chi connectivity index (χ3v) is 2.09. The van der Waals surface area contributed by atoms with Crippen LogP contribution in [-0.4, -0.2) is 12.2 Å². The van der Waals surface area contributed by atoms with Crippen LogP contribution in [0, 0.1) is 5.41 Å². The van der Waals surface area contributed by atoms with Crippen LogP contribution < -0.4 is 10.5 Å². The lowest BCUT2D eigenvalue weighted by Crippen LogP contribution is -2.28. The van der Waals surface area contributed by atoms with Gasteiger partial charge in [-0.05, 0) is 24.3 Å². The minimum atomic E-state index is -4.69. The molecule has 0 radical (unpaired) electrons. The molecule has 0 aliphatic carbocycles. The Labute approximate surface area is 103 Å². The Hall–Kier alpha value is -1.72. The molecular formula is C12H15F3N2O. The molecule has 0 saturated heterocycles. The molecule has 1 rings (SSSR count). The van der Waals surface area contributed by atoms with Crippen LogP contribution in [0.5, 0.6) is 5.75 Å². The molecule has 18 heavy (non-hydrogen) atoms. The highest BCUT2D eigenvalue weighted by Crippen LogP contribution is 2.25. The number of nitrogens with two attached hydrogens (primary N) is 1. The SMILES string of the molecule is CC(C)(C)C(N)=Nc1ccc(OC(F)(F)F)cc1. The Kier molecular flexibility index (Phi) is 3.88. The van der Waals surface area contributed by atoms with Crippen LogP contribution in [0.15, 0.2) is 29.3 Å². The normalized spacial score (nSPS) is 13.6. The van der Waals surface area contributed by atoms with Crippen molar-refractivity contribution in [1.29, 1.82) is 0 Å². The Morgan fingerprint density at radius 3 is 2.00 bits per heavy atom. The number of halogens is 3. The smallest absolute Gasteiger partial charge is 0.406 e. The van der Waals surface area contributed by atoms with Gasteiger partial charge >= 0.3 is 6.36 Å². The lowest BCUT2D eigenvalue weighted by atomic mass is 9.95. The van der Waals surface area contributed by atoms with Crippen LogP contribution in [0.1, 0.15) is 20.8 Å². The second kappa shape index (κ2) is 4.88. The van der Waals surface area contributed by atoms with Gasteiger partial charge in [-0.25, -0.2) is 4.99 Å².